The molecule has 1 saturated heterocycles. The van der Waals surface area contributed by atoms with Gasteiger partial charge in [-0.05, 0) is 39.2 Å². The summed E-state index contributed by atoms with van der Waals surface area (Å²) in [6.45, 7) is 3.80. The molecule has 0 N–H and O–H groups in total. The summed E-state index contributed by atoms with van der Waals surface area (Å²) in [6.07, 6.45) is 2.79. The van der Waals surface area contributed by atoms with Gasteiger partial charge in [-0.1, -0.05) is 11.8 Å². The maximum atomic E-state index is 12.7. The van der Waals surface area contributed by atoms with E-state index in [2.05, 4.69) is 10.2 Å². The van der Waals surface area contributed by atoms with Crippen molar-refractivity contribution in [3.05, 3.63) is 28.9 Å². The highest BCUT2D eigenvalue weighted by atomic mass is 32.2. The Labute approximate surface area is 156 Å². The zero-order valence-electron chi connectivity index (χ0n) is 14.8. The first-order valence-electron chi connectivity index (χ1n) is 8.72. The van der Waals surface area contributed by atoms with E-state index in [1.165, 1.54) is 11.8 Å². The summed E-state index contributed by atoms with van der Waals surface area (Å²) in [5, 5.41) is 8.44. The average molecular weight is 396 g/mol. The third kappa shape index (κ3) is 3.46. The molecule has 2 aromatic heterocycles. The molecule has 0 spiro atoms. The van der Waals surface area contributed by atoms with Crippen molar-refractivity contribution < 1.29 is 17.6 Å². The SMILES string of the molecule is Cc1cc(C(=O)CSc2nnc(C3CC3)o2)c(C)n1[C@@H]1CCS(=O)(=O)C1. The molecule has 26 heavy (non-hydrogen) atoms. The number of hydrogen-bond acceptors (Lipinski definition) is 7. The number of hydrogen-bond donors (Lipinski definition) is 0. The number of aryl methyl sites for hydroxylation is 1. The van der Waals surface area contributed by atoms with Crippen LogP contribution in [0.25, 0.3) is 0 Å². The van der Waals surface area contributed by atoms with Gasteiger partial charge in [0.25, 0.3) is 5.22 Å². The maximum absolute atomic E-state index is 12.7. The Kier molecular flexibility index (Phi) is 4.46. The van der Waals surface area contributed by atoms with Crippen molar-refractivity contribution in [1.29, 1.82) is 0 Å². The molecule has 0 aromatic carbocycles. The molecule has 0 amide bonds. The van der Waals surface area contributed by atoms with Crippen LogP contribution < -0.4 is 0 Å². The van der Waals surface area contributed by atoms with Gasteiger partial charge in [0.2, 0.25) is 5.89 Å². The number of carbonyl (C=O) groups excluding carboxylic acids is 1. The molecule has 0 unspecified atom stereocenters. The molecule has 2 fully saturated rings. The smallest absolute Gasteiger partial charge is 0.277 e. The van der Waals surface area contributed by atoms with E-state index in [4.69, 9.17) is 4.42 Å². The lowest BCUT2D eigenvalue weighted by Gasteiger charge is -2.16. The van der Waals surface area contributed by atoms with E-state index in [0.29, 0.717) is 29.0 Å². The number of Topliss-reactive ketones (excluding diaryl/α,β-unsaturated/α-hetero) is 1. The number of nitrogens with zero attached hydrogens (tertiary/aromatic N) is 3. The van der Waals surface area contributed by atoms with Crippen LogP contribution in [0.4, 0.5) is 0 Å². The fourth-order valence-corrected chi connectivity index (χ4v) is 5.93. The summed E-state index contributed by atoms with van der Waals surface area (Å²) in [7, 11) is -2.97. The Morgan fingerprint density at radius 2 is 2.08 bits per heavy atom. The number of aromatic nitrogens is 3. The summed E-state index contributed by atoms with van der Waals surface area (Å²) >= 11 is 1.25. The predicted octanol–water partition coefficient (Wildman–Crippen LogP) is 2.70. The average Bonchev–Trinajstić information content (AvgIpc) is 3.11. The first kappa shape index (κ1) is 17.8. The molecule has 1 aliphatic heterocycles. The highest BCUT2D eigenvalue weighted by Crippen LogP contribution is 2.40. The van der Waals surface area contributed by atoms with Crippen molar-refractivity contribution >= 4 is 27.4 Å². The molecule has 3 heterocycles. The summed E-state index contributed by atoms with van der Waals surface area (Å²) in [5.74, 6) is 1.64. The minimum atomic E-state index is -2.97. The van der Waals surface area contributed by atoms with Crippen molar-refractivity contribution in [3.63, 3.8) is 0 Å². The molecule has 4 rings (SSSR count). The van der Waals surface area contributed by atoms with E-state index in [1.807, 2.05) is 24.5 Å². The minimum Gasteiger partial charge on any atom is -0.416 e. The molecular weight excluding hydrogens is 374 g/mol. The van der Waals surface area contributed by atoms with Crippen molar-refractivity contribution in [3.8, 4) is 0 Å². The molecule has 140 valence electrons. The van der Waals surface area contributed by atoms with E-state index in [9.17, 15) is 13.2 Å². The Balaban J connectivity index is 1.46. The monoisotopic (exact) mass is 395 g/mol. The van der Waals surface area contributed by atoms with Gasteiger partial charge in [-0.15, -0.1) is 10.2 Å². The van der Waals surface area contributed by atoms with E-state index in [1.54, 1.807) is 0 Å². The third-order valence-electron chi connectivity index (χ3n) is 5.03. The quantitative estimate of drug-likeness (QED) is 0.548. The number of ketones is 1. The maximum Gasteiger partial charge on any atom is 0.277 e. The zero-order chi connectivity index (χ0) is 18.5. The fraction of sp³-hybridized carbons (Fsp3) is 0.588. The van der Waals surface area contributed by atoms with E-state index in [0.717, 1.165) is 24.2 Å². The van der Waals surface area contributed by atoms with Gasteiger partial charge in [0.1, 0.15) is 0 Å². The van der Waals surface area contributed by atoms with Crippen molar-refractivity contribution in [1.82, 2.24) is 14.8 Å². The predicted molar refractivity (Wildman–Crippen MR) is 97.5 cm³/mol. The highest BCUT2D eigenvalue weighted by Gasteiger charge is 2.32. The minimum absolute atomic E-state index is 0.0126. The summed E-state index contributed by atoms with van der Waals surface area (Å²) in [5.41, 5.74) is 2.40. The van der Waals surface area contributed by atoms with Gasteiger partial charge in [0.15, 0.2) is 15.6 Å². The van der Waals surface area contributed by atoms with Crippen molar-refractivity contribution in [2.45, 2.75) is 50.3 Å². The second-order valence-corrected chi connectivity index (χ2v) is 10.3. The molecule has 2 aliphatic rings. The molecule has 0 bridgehead atoms. The van der Waals surface area contributed by atoms with Gasteiger partial charge in [-0.3, -0.25) is 4.79 Å². The van der Waals surface area contributed by atoms with Gasteiger partial charge in [0.05, 0.1) is 17.3 Å². The van der Waals surface area contributed by atoms with Crippen LogP contribution in [0.15, 0.2) is 15.7 Å². The number of thioether (sulfide) groups is 1. The largest absolute Gasteiger partial charge is 0.416 e. The van der Waals surface area contributed by atoms with Crippen LogP contribution in [0.2, 0.25) is 0 Å². The topological polar surface area (TPSA) is 95.1 Å². The number of sulfone groups is 1. The van der Waals surface area contributed by atoms with Crippen LogP contribution in [0, 0.1) is 13.8 Å². The van der Waals surface area contributed by atoms with Gasteiger partial charge >= 0.3 is 0 Å². The first-order valence-corrected chi connectivity index (χ1v) is 11.5. The highest BCUT2D eigenvalue weighted by molar-refractivity contribution is 7.99. The standard InChI is InChI=1S/C17H21N3O4S2/c1-10-7-14(11(2)20(10)13-5-6-26(22,23)9-13)15(21)8-25-17-19-18-16(24-17)12-3-4-12/h7,12-13H,3-6,8-9H2,1-2H3/t13-/m1/s1. The number of carbonyl (C=O) groups is 1. The molecule has 0 radical (unpaired) electrons. The van der Waals surface area contributed by atoms with Crippen molar-refractivity contribution in [2.75, 3.05) is 17.3 Å². The Bertz CT molecular complexity index is 957. The van der Waals surface area contributed by atoms with Gasteiger partial charge in [-0.25, -0.2) is 8.42 Å². The molecule has 2 aromatic rings. The lowest BCUT2D eigenvalue weighted by molar-refractivity contribution is 0.102. The second kappa shape index (κ2) is 6.53. The van der Waals surface area contributed by atoms with E-state index >= 15 is 0 Å². The van der Waals surface area contributed by atoms with Crippen LogP contribution in [-0.4, -0.2) is 46.2 Å². The van der Waals surface area contributed by atoms with Crippen LogP contribution in [-0.2, 0) is 9.84 Å². The number of rotatable bonds is 6. The summed E-state index contributed by atoms with van der Waals surface area (Å²) < 4.78 is 31.1. The van der Waals surface area contributed by atoms with Gasteiger partial charge in [-0.2, -0.15) is 0 Å². The van der Waals surface area contributed by atoms with Crippen LogP contribution in [0.1, 0.15) is 58.9 Å². The van der Waals surface area contributed by atoms with Crippen molar-refractivity contribution in [2.24, 2.45) is 0 Å². The lowest BCUT2D eigenvalue weighted by Crippen LogP contribution is -2.14. The fourth-order valence-electron chi connectivity index (χ4n) is 3.58. The Hall–Kier alpha value is -1.61. The summed E-state index contributed by atoms with van der Waals surface area (Å²) in [6, 6.07) is 1.78. The summed E-state index contributed by atoms with van der Waals surface area (Å²) in [4.78, 5) is 12.7. The normalized spacial score (nSPS) is 22.0. The van der Waals surface area contributed by atoms with E-state index in [-0.39, 0.29) is 29.1 Å². The van der Waals surface area contributed by atoms with E-state index < -0.39 is 9.84 Å². The lowest BCUT2D eigenvalue weighted by atomic mass is 10.2. The van der Waals surface area contributed by atoms with Gasteiger partial charge in [0, 0.05) is 28.9 Å². The second-order valence-electron chi connectivity index (χ2n) is 7.10. The Morgan fingerprint density at radius 1 is 1.31 bits per heavy atom. The molecule has 9 heteroatoms. The van der Waals surface area contributed by atoms with Crippen LogP contribution in [0.3, 0.4) is 0 Å². The molecule has 7 nitrogen and oxygen atoms in total. The van der Waals surface area contributed by atoms with Crippen LogP contribution >= 0.6 is 11.8 Å². The first-order chi connectivity index (χ1) is 12.3. The zero-order valence-corrected chi connectivity index (χ0v) is 16.4. The molecular formula is C17H21N3O4S2. The Morgan fingerprint density at radius 3 is 2.73 bits per heavy atom. The molecule has 1 aliphatic carbocycles. The van der Waals surface area contributed by atoms with Gasteiger partial charge < -0.3 is 8.98 Å². The van der Waals surface area contributed by atoms with Crippen LogP contribution in [0.5, 0.6) is 0 Å². The third-order valence-corrected chi connectivity index (χ3v) is 7.60. The molecule has 1 atom stereocenters. The molecule has 1 saturated carbocycles.